The van der Waals surface area contributed by atoms with Crippen LogP contribution < -0.4 is 0 Å². The Morgan fingerprint density at radius 1 is 1.20 bits per heavy atom. The van der Waals surface area contributed by atoms with Crippen molar-refractivity contribution in [2.75, 3.05) is 0 Å². The van der Waals surface area contributed by atoms with Gasteiger partial charge in [-0.1, -0.05) is 42.5 Å². The molecule has 0 unspecified atom stereocenters. The van der Waals surface area contributed by atoms with Crippen LogP contribution >= 0.6 is 0 Å². The third kappa shape index (κ3) is 2.24. The Morgan fingerprint density at radius 2 is 1.93 bits per heavy atom. The highest BCUT2D eigenvalue weighted by atomic mass is 14.4. The van der Waals surface area contributed by atoms with Crippen LogP contribution in [0.4, 0.5) is 0 Å². The van der Waals surface area contributed by atoms with Crippen LogP contribution in [0.1, 0.15) is 30.9 Å². The number of nitrogens with one attached hydrogen (secondary N) is 1. The lowest BCUT2D eigenvalue weighted by Crippen LogP contribution is -1.93. The second kappa shape index (κ2) is 4.26. The van der Waals surface area contributed by atoms with Gasteiger partial charge in [-0.3, -0.25) is 0 Å². The minimum Gasteiger partial charge on any atom is -0.305 e. The minimum absolute atomic E-state index is 0.624. The molecule has 1 heteroatoms. The van der Waals surface area contributed by atoms with Gasteiger partial charge < -0.3 is 5.41 Å². The summed E-state index contributed by atoms with van der Waals surface area (Å²) in [5.74, 6) is 0. The third-order valence-electron chi connectivity index (χ3n) is 2.70. The van der Waals surface area contributed by atoms with Crippen molar-refractivity contribution in [3.05, 3.63) is 53.6 Å². The van der Waals surface area contributed by atoms with Crippen molar-refractivity contribution >= 4 is 11.3 Å². The van der Waals surface area contributed by atoms with Crippen LogP contribution in [0.3, 0.4) is 0 Å². The maximum absolute atomic E-state index is 7.52. The average molecular weight is 197 g/mol. The van der Waals surface area contributed by atoms with Gasteiger partial charge in [-0.15, -0.1) is 0 Å². The topological polar surface area (TPSA) is 23.9 Å². The molecule has 1 aliphatic carbocycles. The van der Waals surface area contributed by atoms with E-state index in [1.54, 1.807) is 0 Å². The van der Waals surface area contributed by atoms with Crippen LogP contribution in [-0.4, -0.2) is 5.71 Å². The van der Waals surface area contributed by atoms with Gasteiger partial charge in [-0.25, -0.2) is 0 Å². The normalized spacial score (nSPS) is 14.9. The summed E-state index contributed by atoms with van der Waals surface area (Å²) in [7, 11) is 0. The first kappa shape index (κ1) is 9.91. The molecule has 0 bridgehead atoms. The van der Waals surface area contributed by atoms with E-state index < -0.39 is 0 Å². The van der Waals surface area contributed by atoms with Gasteiger partial charge in [0.15, 0.2) is 0 Å². The number of allylic oxidation sites excluding steroid dienone is 4. The van der Waals surface area contributed by atoms with Crippen molar-refractivity contribution in [2.24, 2.45) is 0 Å². The van der Waals surface area contributed by atoms with Crippen molar-refractivity contribution in [3.8, 4) is 0 Å². The van der Waals surface area contributed by atoms with Crippen LogP contribution in [0.25, 0.3) is 5.57 Å². The van der Waals surface area contributed by atoms with Gasteiger partial charge >= 0.3 is 0 Å². The van der Waals surface area contributed by atoms with Gasteiger partial charge in [0.2, 0.25) is 0 Å². The molecule has 15 heavy (non-hydrogen) atoms. The summed E-state index contributed by atoms with van der Waals surface area (Å²) < 4.78 is 0. The van der Waals surface area contributed by atoms with E-state index in [0.29, 0.717) is 5.71 Å². The summed E-state index contributed by atoms with van der Waals surface area (Å²) in [4.78, 5) is 0. The number of rotatable bonds is 2. The lowest BCUT2D eigenvalue weighted by Gasteiger charge is -2.09. The summed E-state index contributed by atoms with van der Waals surface area (Å²) in [6.45, 7) is 1.82. The highest BCUT2D eigenvalue weighted by Gasteiger charge is 2.03. The summed E-state index contributed by atoms with van der Waals surface area (Å²) >= 11 is 0. The van der Waals surface area contributed by atoms with Crippen molar-refractivity contribution < 1.29 is 0 Å². The molecule has 0 saturated carbocycles. The molecule has 1 N–H and O–H groups in total. The zero-order valence-corrected chi connectivity index (χ0v) is 8.96. The molecule has 1 aromatic rings. The second-order valence-electron chi connectivity index (χ2n) is 3.86. The Morgan fingerprint density at radius 3 is 2.47 bits per heavy atom. The van der Waals surface area contributed by atoms with Gasteiger partial charge in [-0.2, -0.15) is 0 Å². The molecule has 0 fully saturated rings. The van der Waals surface area contributed by atoms with Crippen molar-refractivity contribution in [1.82, 2.24) is 0 Å². The van der Waals surface area contributed by atoms with E-state index >= 15 is 0 Å². The molecule has 0 amide bonds. The zero-order chi connectivity index (χ0) is 10.7. The fraction of sp³-hybridized carbons (Fsp3) is 0.214. The SMILES string of the molecule is CC(=N)c1ccc(C2=CC=CCC2)cc1. The average Bonchev–Trinajstić information content (AvgIpc) is 2.30. The Bertz CT molecular complexity index is 421. The molecule has 0 aromatic heterocycles. The quantitative estimate of drug-likeness (QED) is 0.697. The molecule has 76 valence electrons. The van der Waals surface area contributed by atoms with Crippen LogP contribution in [0.5, 0.6) is 0 Å². The van der Waals surface area contributed by atoms with Gasteiger partial charge in [-0.05, 0) is 36.5 Å². The summed E-state index contributed by atoms with van der Waals surface area (Å²) in [5.41, 5.74) is 4.31. The van der Waals surface area contributed by atoms with Crippen molar-refractivity contribution in [1.29, 1.82) is 5.41 Å². The molecule has 1 aliphatic rings. The molecule has 1 nitrogen and oxygen atoms in total. The molecule has 0 heterocycles. The molecule has 2 rings (SSSR count). The standard InChI is InChI=1S/C14H15N/c1-11(15)12-7-9-14(10-8-12)13-5-3-2-4-6-13/h2-3,5,7-10,15H,4,6H2,1H3. The predicted octanol–water partition coefficient (Wildman–Crippen LogP) is 3.81. The van der Waals surface area contributed by atoms with Crippen LogP contribution in [0.2, 0.25) is 0 Å². The molecule has 0 aliphatic heterocycles. The number of benzene rings is 1. The van der Waals surface area contributed by atoms with E-state index in [0.717, 1.165) is 18.4 Å². The van der Waals surface area contributed by atoms with Crippen LogP contribution in [-0.2, 0) is 0 Å². The lowest BCUT2D eigenvalue weighted by molar-refractivity contribution is 1.05. The van der Waals surface area contributed by atoms with E-state index in [9.17, 15) is 0 Å². The fourth-order valence-corrected chi connectivity index (χ4v) is 1.78. The van der Waals surface area contributed by atoms with Crippen LogP contribution in [0, 0.1) is 5.41 Å². The Labute approximate surface area is 90.7 Å². The van der Waals surface area contributed by atoms with Crippen LogP contribution in [0.15, 0.2) is 42.5 Å². The first-order chi connectivity index (χ1) is 7.27. The molecule has 0 radical (unpaired) electrons. The molecule has 0 saturated heterocycles. The number of hydrogen-bond donors (Lipinski definition) is 1. The van der Waals surface area contributed by atoms with Gasteiger partial charge in [0, 0.05) is 5.71 Å². The number of hydrogen-bond acceptors (Lipinski definition) is 1. The largest absolute Gasteiger partial charge is 0.305 e. The smallest absolute Gasteiger partial charge is 0.0355 e. The van der Waals surface area contributed by atoms with Gasteiger partial charge in [0.25, 0.3) is 0 Å². The third-order valence-corrected chi connectivity index (χ3v) is 2.70. The van der Waals surface area contributed by atoms with E-state index in [-0.39, 0.29) is 0 Å². The summed E-state index contributed by atoms with van der Waals surface area (Å²) in [5, 5.41) is 7.52. The van der Waals surface area contributed by atoms with E-state index in [1.165, 1.54) is 11.1 Å². The maximum Gasteiger partial charge on any atom is 0.0355 e. The Balaban J connectivity index is 2.27. The second-order valence-corrected chi connectivity index (χ2v) is 3.86. The molecular weight excluding hydrogens is 182 g/mol. The summed E-state index contributed by atoms with van der Waals surface area (Å²) in [6.07, 6.45) is 8.75. The van der Waals surface area contributed by atoms with Crippen molar-refractivity contribution in [2.45, 2.75) is 19.8 Å². The lowest BCUT2D eigenvalue weighted by atomic mass is 9.96. The highest BCUT2D eigenvalue weighted by molar-refractivity contribution is 5.96. The van der Waals surface area contributed by atoms with Gasteiger partial charge in [0.05, 0.1) is 0 Å². The fourth-order valence-electron chi connectivity index (χ4n) is 1.78. The Hall–Kier alpha value is -1.63. The Kier molecular flexibility index (Phi) is 2.82. The first-order valence-corrected chi connectivity index (χ1v) is 5.29. The minimum atomic E-state index is 0.624. The predicted molar refractivity (Wildman–Crippen MR) is 65.3 cm³/mol. The van der Waals surface area contributed by atoms with E-state index in [4.69, 9.17) is 5.41 Å². The summed E-state index contributed by atoms with van der Waals surface area (Å²) in [6, 6.07) is 8.27. The highest BCUT2D eigenvalue weighted by Crippen LogP contribution is 2.23. The van der Waals surface area contributed by atoms with Crippen molar-refractivity contribution in [3.63, 3.8) is 0 Å². The van der Waals surface area contributed by atoms with E-state index in [1.807, 2.05) is 19.1 Å². The zero-order valence-electron chi connectivity index (χ0n) is 8.96. The molecule has 0 spiro atoms. The van der Waals surface area contributed by atoms with Gasteiger partial charge in [0.1, 0.15) is 0 Å². The monoisotopic (exact) mass is 197 g/mol. The molecule has 1 aromatic carbocycles. The molecule has 0 atom stereocenters. The molecular formula is C14H15N. The first-order valence-electron chi connectivity index (χ1n) is 5.29. The van der Waals surface area contributed by atoms with E-state index in [2.05, 4.69) is 30.4 Å². The maximum atomic E-state index is 7.52.